The molecule has 26 heavy (non-hydrogen) atoms. The van der Waals surface area contributed by atoms with Gasteiger partial charge in [-0.05, 0) is 24.3 Å². The molecule has 4 rings (SSSR count). The molecule has 6 nitrogen and oxygen atoms in total. The molecule has 0 aliphatic rings. The molecule has 9 heteroatoms. The van der Waals surface area contributed by atoms with Crippen LogP contribution in [0.3, 0.4) is 0 Å². The lowest BCUT2D eigenvalue weighted by Crippen LogP contribution is -2.15. The number of aromatic nitrogens is 4. The van der Waals surface area contributed by atoms with Crippen molar-refractivity contribution in [3.8, 4) is 17.3 Å². The van der Waals surface area contributed by atoms with Crippen molar-refractivity contribution in [1.29, 1.82) is 5.26 Å². The number of rotatable bonds is 4. The van der Waals surface area contributed by atoms with E-state index >= 15 is 0 Å². The quantitative estimate of drug-likeness (QED) is 0.546. The third-order valence-electron chi connectivity index (χ3n) is 3.64. The lowest BCUT2D eigenvalue weighted by atomic mass is 10.2. The second kappa shape index (κ2) is 6.74. The van der Waals surface area contributed by atoms with Crippen LogP contribution in [0.15, 0.2) is 51.0 Å². The van der Waals surface area contributed by atoms with E-state index in [4.69, 9.17) is 5.26 Å². The van der Waals surface area contributed by atoms with Crippen LogP contribution in [0.1, 0.15) is 11.3 Å². The predicted octanol–water partition coefficient (Wildman–Crippen LogP) is 3.45. The van der Waals surface area contributed by atoms with E-state index in [2.05, 4.69) is 15.1 Å². The number of hydrogen-bond acceptors (Lipinski definition) is 6. The van der Waals surface area contributed by atoms with Gasteiger partial charge in [0.1, 0.15) is 17.4 Å². The summed E-state index contributed by atoms with van der Waals surface area (Å²) < 4.78 is 15.1. The second-order valence-electron chi connectivity index (χ2n) is 5.34. The average molecular weight is 383 g/mol. The normalized spacial score (nSPS) is 10.9. The molecule has 0 saturated heterocycles. The maximum Gasteiger partial charge on any atom is 0.272 e. The van der Waals surface area contributed by atoms with Crippen molar-refractivity contribution >= 4 is 28.7 Å². The van der Waals surface area contributed by atoms with Crippen molar-refractivity contribution in [2.24, 2.45) is 0 Å². The fourth-order valence-corrected chi connectivity index (χ4v) is 4.13. The van der Waals surface area contributed by atoms with Crippen molar-refractivity contribution in [2.45, 2.75) is 10.1 Å². The summed E-state index contributed by atoms with van der Waals surface area (Å²) in [7, 11) is 0. The van der Waals surface area contributed by atoms with Crippen molar-refractivity contribution < 1.29 is 4.39 Å². The van der Waals surface area contributed by atoms with Gasteiger partial charge in [-0.25, -0.2) is 18.9 Å². The summed E-state index contributed by atoms with van der Waals surface area (Å²) in [6, 6.07) is 9.61. The Kier molecular flexibility index (Phi) is 4.28. The van der Waals surface area contributed by atoms with Gasteiger partial charge >= 0.3 is 0 Å². The highest BCUT2D eigenvalue weighted by atomic mass is 32.2. The van der Waals surface area contributed by atoms with E-state index in [9.17, 15) is 9.18 Å². The molecule has 4 aromatic rings. The first-order chi connectivity index (χ1) is 12.6. The summed E-state index contributed by atoms with van der Waals surface area (Å²) in [5.41, 5.74) is 2.58. The largest absolute Gasteiger partial charge is 0.295 e. The van der Waals surface area contributed by atoms with Crippen LogP contribution < -0.4 is 5.56 Å². The summed E-state index contributed by atoms with van der Waals surface area (Å²) in [6.07, 6.45) is 1.45. The molecule has 128 valence electrons. The molecule has 0 radical (unpaired) electrons. The molecule has 0 aliphatic heterocycles. The lowest BCUT2D eigenvalue weighted by Gasteiger charge is -2.00. The SMILES string of the molecule is N#Cc1c[nH]n2c(=O)cc(CSc3nc(-c4ccc(F)cc4)cs3)nc12. The third kappa shape index (κ3) is 3.12. The van der Waals surface area contributed by atoms with Crippen LogP contribution in [0.2, 0.25) is 0 Å². The standard InChI is InChI=1S/C17H10FN5OS2/c18-12-3-1-10(2-4-12)14-9-26-17(22-14)25-8-13-5-15(24)23-16(21-13)11(6-19)7-20-23/h1-5,7,9,20H,8H2. The molecule has 0 atom stereocenters. The van der Waals surface area contributed by atoms with E-state index in [-0.39, 0.29) is 11.4 Å². The van der Waals surface area contributed by atoms with Gasteiger partial charge in [-0.1, -0.05) is 11.8 Å². The van der Waals surface area contributed by atoms with E-state index in [1.165, 1.54) is 52.0 Å². The second-order valence-corrected chi connectivity index (χ2v) is 7.42. The smallest absolute Gasteiger partial charge is 0.272 e. The zero-order valence-corrected chi connectivity index (χ0v) is 14.8. The van der Waals surface area contributed by atoms with E-state index in [0.717, 1.165) is 15.6 Å². The van der Waals surface area contributed by atoms with Crippen molar-refractivity contribution in [3.63, 3.8) is 0 Å². The Balaban J connectivity index is 1.54. The first kappa shape index (κ1) is 16.5. The highest BCUT2D eigenvalue weighted by Crippen LogP contribution is 2.30. The summed E-state index contributed by atoms with van der Waals surface area (Å²) >= 11 is 2.93. The molecular weight excluding hydrogens is 373 g/mol. The molecule has 1 N–H and O–H groups in total. The van der Waals surface area contributed by atoms with Crippen LogP contribution >= 0.6 is 23.1 Å². The van der Waals surface area contributed by atoms with E-state index in [1.807, 2.05) is 11.4 Å². The number of H-pyrrole nitrogens is 1. The van der Waals surface area contributed by atoms with Crippen LogP contribution in [0.4, 0.5) is 4.39 Å². The van der Waals surface area contributed by atoms with Crippen molar-refractivity contribution in [3.05, 3.63) is 69.3 Å². The van der Waals surface area contributed by atoms with Gasteiger partial charge in [0.25, 0.3) is 5.56 Å². The van der Waals surface area contributed by atoms with Gasteiger partial charge in [0.05, 0.1) is 11.4 Å². The maximum absolute atomic E-state index is 13.0. The first-order valence-corrected chi connectivity index (χ1v) is 9.35. The maximum atomic E-state index is 13.0. The number of hydrogen-bond donors (Lipinski definition) is 1. The van der Waals surface area contributed by atoms with Gasteiger partial charge < -0.3 is 0 Å². The molecule has 3 aromatic heterocycles. The van der Waals surface area contributed by atoms with Crippen LogP contribution in [-0.2, 0) is 5.75 Å². The number of benzene rings is 1. The van der Waals surface area contributed by atoms with Crippen LogP contribution in [0, 0.1) is 17.1 Å². The highest BCUT2D eigenvalue weighted by molar-refractivity contribution is 8.00. The minimum atomic E-state index is -0.284. The number of thiazole rings is 1. The molecule has 0 unspecified atom stereocenters. The van der Waals surface area contributed by atoms with Gasteiger partial charge in [0.2, 0.25) is 0 Å². The predicted molar refractivity (Wildman–Crippen MR) is 97.6 cm³/mol. The molecule has 0 aliphatic carbocycles. The Morgan fingerprint density at radius 3 is 2.88 bits per heavy atom. The Morgan fingerprint density at radius 2 is 2.12 bits per heavy atom. The van der Waals surface area contributed by atoms with Gasteiger partial charge in [-0.15, -0.1) is 11.3 Å². The summed E-state index contributed by atoms with van der Waals surface area (Å²) in [5, 5.41) is 13.7. The molecule has 0 amide bonds. The van der Waals surface area contributed by atoms with Crippen LogP contribution in [-0.4, -0.2) is 19.6 Å². The van der Waals surface area contributed by atoms with Gasteiger partial charge in [0, 0.05) is 29.0 Å². The van der Waals surface area contributed by atoms with Crippen LogP contribution in [0.25, 0.3) is 16.9 Å². The van der Waals surface area contributed by atoms with E-state index in [1.54, 1.807) is 12.1 Å². The molecule has 3 heterocycles. The van der Waals surface area contributed by atoms with Gasteiger partial charge in [0.15, 0.2) is 9.99 Å². The minimum absolute atomic E-state index is 0.266. The topological polar surface area (TPSA) is 86.8 Å². The summed E-state index contributed by atoms with van der Waals surface area (Å²) in [4.78, 5) is 21.0. The first-order valence-electron chi connectivity index (χ1n) is 7.48. The van der Waals surface area contributed by atoms with E-state index < -0.39 is 0 Å². The Morgan fingerprint density at radius 1 is 1.31 bits per heavy atom. The fourth-order valence-electron chi connectivity index (χ4n) is 2.40. The molecule has 0 spiro atoms. The number of nitrogens with one attached hydrogen (secondary N) is 1. The van der Waals surface area contributed by atoms with Crippen LogP contribution in [0.5, 0.6) is 0 Å². The highest BCUT2D eigenvalue weighted by Gasteiger charge is 2.10. The number of halogens is 1. The number of thioether (sulfide) groups is 1. The Labute approximate surface area is 155 Å². The molecule has 0 bridgehead atoms. The number of nitrogens with zero attached hydrogens (tertiary/aromatic N) is 4. The fraction of sp³-hybridized carbons (Fsp3) is 0.0588. The number of aromatic amines is 1. The van der Waals surface area contributed by atoms with E-state index in [0.29, 0.717) is 22.7 Å². The minimum Gasteiger partial charge on any atom is -0.295 e. The third-order valence-corrected chi connectivity index (χ3v) is 5.69. The lowest BCUT2D eigenvalue weighted by molar-refractivity contribution is 0.628. The zero-order chi connectivity index (χ0) is 18.1. The average Bonchev–Trinajstić information content (AvgIpc) is 3.27. The monoisotopic (exact) mass is 383 g/mol. The van der Waals surface area contributed by atoms with Gasteiger partial charge in [-0.2, -0.15) is 5.26 Å². The number of fused-ring (bicyclic) bond motifs is 1. The zero-order valence-electron chi connectivity index (χ0n) is 13.1. The molecule has 0 fully saturated rings. The Bertz CT molecular complexity index is 1190. The summed E-state index contributed by atoms with van der Waals surface area (Å²) in [5.74, 6) is 0.172. The van der Waals surface area contributed by atoms with Crippen molar-refractivity contribution in [1.82, 2.24) is 19.6 Å². The van der Waals surface area contributed by atoms with Gasteiger partial charge in [-0.3, -0.25) is 9.89 Å². The molecular formula is C17H10FN5OS2. The summed E-state index contributed by atoms with van der Waals surface area (Å²) in [6.45, 7) is 0. The molecule has 0 saturated carbocycles. The number of nitriles is 1. The molecule has 1 aromatic carbocycles. The Hall–Kier alpha value is -2.96. The van der Waals surface area contributed by atoms with Crippen molar-refractivity contribution in [2.75, 3.05) is 0 Å².